The minimum atomic E-state index is 0.581. The SMILES string of the molecule is NCCCNC1CCC2=C1Cc1ccc(Br)cc12. The van der Waals surface area contributed by atoms with Crippen molar-refractivity contribution in [3.05, 3.63) is 39.4 Å². The summed E-state index contributed by atoms with van der Waals surface area (Å²) in [6.45, 7) is 1.82. The van der Waals surface area contributed by atoms with Gasteiger partial charge in [0, 0.05) is 10.5 Å². The largest absolute Gasteiger partial charge is 0.330 e. The first kappa shape index (κ1) is 12.4. The van der Waals surface area contributed by atoms with Gasteiger partial charge in [0.15, 0.2) is 0 Å². The first-order chi connectivity index (χ1) is 8.79. The third-order valence-electron chi connectivity index (χ3n) is 4.04. The Morgan fingerprint density at radius 3 is 3.11 bits per heavy atom. The van der Waals surface area contributed by atoms with E-state index >= 15 is 0 Å². The highest BCUT2D eigenvalue weighted by Gasteiger charge is 2.31. The first-order valence-electron chi connectivity index (χ1n) is 6.74. The molecule has 1 atom stereocenters. The number of fused-ring (bicyclic) bond motifs is 2. The van der Waals surface area contributed by atoms with Crippen molar-refractivity contribution >= 4 is 21.5 Å². The lowest BCUT2D eigenvalue weighted by Gasteiger charge is -2.15. The Bertz CT molecular complexity index is 493. The Hall–Kier alpha value is -0.640. The van der Waals surface area contributed by atoms with Gasteiger partial charge in [-0.05, 0) is 73.2 Å². The first-order valence-corrected chi connectivity index (χ1v) is 7.53. The number of hydrogen-bond acceptors (Lipinski definition) is 2. The number of nitrogens with two attached hydrogens (primary N) is 1. The van der Waals surface area contributed by atoms with E-state index in [9.17, 15) is 0 Å². The number of allylic oxidation sites excluding steroid dienone is 1. The predicted molar refractivity (Wildman–Crippen MR) is 79.5 cm³/mol. The number of benzene rings is 1. The van der Waals surface area contributed by atoms with Gasteiger partial charge in [-0.3, -0.25) is 0 Å². The fourth-order valence-corrected chi connectivity index (χ4v) is 3.52. The third-order valence-corrected chi connectivity index (χ3v) is 4.53. The molecule has 96 valence electrons. The molecule has 3 heteroatoms. The van der Waals surface area contributed by atoms with Crippen molar-refractivity contribution in [3.63, 3.8) is 0 Å². The van der Waals surface area contributed by atoms with Gasteiger partial charge in [-0.2, -0.15) is 0 Å². The monoisotopic (exact) mass is 306 g/mol. The van der Waals surface area contributed by atoms with Gasteiger partial charge < -0.3 is 11.1 Å². The van der Waals surface area contributed by atoms with Crippen LogP contribution in [0.15, 0.2) is 28.2 Å². The van der Waals surface area contributed by atoms with Crippen molar-refractivity contribution in [2.45, 2.75) is 31.7 Å². The van der Waals surface area contributed by atoms with Crippen LogP contribution in [-0.2, 0) is 6.42 Å². The second-order valence-electron chi connectivity index (χ2n) is 5.17. The Balaban J connectivity index is 1.78. The van der Waals surface area contributed by atoms with E-state index in [-0.39, 0.29) is 0 Å². The molecule has 0 aromatic heterocycles. The van der Waals surface area contributed by atoms with Gasteiger partial charge in [0.1, 0.15) is 0 Å². The van der Waals surface area contributed by atoms with Crippen molar-refractivity contribution in [3.8, 4) is 0 Å². The molecule has 0 saturated heterocycles. The maximum absolute atomic E-state index is 5.55. The topological polar surface area (TPSA) is 38.0 Å². The van der Waals surface area contributed by atoms with Crippen molar-refractivity contribution in [2.24, 2.45) is 5.73 Å². The molecule has 1 unspecified atom stereocenters. The summed E-state index contributed by atoms with van der Waals surface area (Å²) >= 11 is 3.58. The summed E-state index contributed by atoms with van der Waals surface area (Å²) in [4.78, 5) is 0. The van der Waals surface area contributed by atoms with Crippen LogP contribution in [0.2, 0.25) is 0 Å². The fourth-order valence-electron chi connectivity index (χ4n) is 3.16. The number of halogens is 1. The molecule has 2 nitrogen and oxygen atoms in total. The van der Waals surface area contributed by atoms with Gasteiger partial charge in [0.2, 0.25) is 0 Å². The quantitative estimate of drug-likeness (QED) is 0.840. The van der Waals surface area contributed by atoms with Crippen molar-refractivity contribution < 1.29 is 0 Å². The van der Waals surface area contributed by atoms with Gasteiger partial charge in [0.25, 0.3) is 0 Å². The molecule has 0 fully saturated rings. The molecule has 0 heterocycles. The minimum absolute atomic E-state index is 0.581. The Labute approximate surface area is 117 Å². The molecule has 1 aromatic carbocycles. The van der Waals surface area contributed by atoms with E-state index in [1.165, 1.54) is 28.4 Å². The van der Waals surface area contributed by atoms with Crippen molar-refractivity contribution in [2.75, 3.05) is 13.1 Å². The third kappa shape index (κ3) is 2.15. The highest BCUT2D eigenvalue weighted by molar-refractivity contribution is 9.10. The molecule has 3 N–H and O–H groups in total. The molecule has 2 aliphatic carbocycles. The summed E-state index contributed by atoms with van der Waals surface area (Å²) < 4.78 is 1.19. The Morgan fingerprint density at radius 2 is 2.28 bits per heavy atom. The van der Waals surface area contributed by atoms with Gasteiger partial charge in [-0.1, -0.05) is 22.0 Å². The standard InChI is InChI=1S/C15H19BrN2/c16-11-3-2-10-8-14-12(13(10)9-11)4-5-15(14)18-7-1-6-17/h2-3,9,15,18H,1,4-8,17H2. The van der Waals surface area contributed by atoms with Crippen LogP contribution in [0.3, 0.4) is 0 Å². The van der Waals surface area contributed by atoms with Crippen LogP contribution in [0.5, 0.6) is 0 Å². The van der Waals surface area contributed by atoms with E-state index in [1.807, 2.05) is 0 Å². The maximum atomic E-state index is 5.55. The van der Waals surface area contributed by atoms with Gasteiger partial charge in [0.05, 0.1) is 0 Å². The van der Waals surface area contributed by atoms with Crippen molar-refractivity contribution in [1.29, 1.82) is 0 Å². The average Bonchev–Trinajstić information content (AvgIpc) is 2.90. The molecule has 1 aromatic rings. The van der Waals surface area contributed by atoms with Crippen LogP contribution in [0.4, 0.5) is 0 Å². The van der Waals surface area contributed by atoms with E-state index in [4.69, 9.17) is 5.73 Å². The van der Waals surface area contributed by atoms with Crippen LogP contribution in [-0.4, -0.2) is 19.1 Å². The van der Waals surface area contributed by atoms with Gasteiger partial charge in [-0.15, -0.1) is 0 Å². The second-order valence-corrected chi connectivity index (χ2v) is 6.09. The smallest absolute Gasteiger partial charge is 0.0291 e. The summed E-state index contributed by atoms with van der Waals surface area (Å²) in [5.74, 6) is 0. The average molecular weight is 307 g/mol. The number of rotatable bonds is 4. The maximum Gasteiger partial charge on any atom is 0.0291 e. The zero-order chi connectivity index (χ0) is 12.5. The molecule has 0 spiro atoms. The fraction of sp³-hybridized carbons (Fsp3) is 0.467. The lowest BCUT2D eigenvalue weighted by Crippen LogP contribution is -2.31. The summed E-state index contributed by atoms with van der Waals surface area (Å²) in [7, 11) is 0. The number of nitrogens with one attached hydrogen (secondary N) is 1. The van der Waals surface area contributed by atoms with Crippen LogP contribution >= 0.6 is 15.9 Å². The van der Waals surface area contributed by atoms with Gasteiger partial charge >= 0.3 is 0 Å². The van der Waals surface area contributed by atoms with Crippen LogP contribution in [0, 0.1) is 0 Å². The molecule has 18 heavy (non-hydrogen) atoms. The molecule has 0 aliphatic heterocycles. The zero-order valence-corrected chi connectivity index (χ0v) is 12.1. The van der Waals surface area contributed by atoms with E-state index < -0.39 is 0 Å². The van der Waals surface area contributed by atoms with Crippen LogP contribution in [0.25, 0.3) is 5.57 Å². The second kappa shape index (κ2) is 5.16. The van der Waals surface area contributed by atoms with E-state index in [0.29, 0.717) is 6.04 Å². The molecular formula is C15H19BrN2. The van der Waals surface area contributed by atoms with E-state index in [2.05, 4.69) is 39.4 Å². The lowest BCUT2D eigenvalue weighted by atomic mass is 10.0. The lowest BCUT2D eigenvalue weighted by molar-refractivity contribution is 0.547. The van der Waals surface area contributed by atoms with Gasteiger partial charge in [-0.25, -0.2) is 0 Å². The molecule has 2 aliphatic rings. The molecular weight excluding hydrogens is 288 g/mol. The summed E-state index contributed by atoms with van der Waals surface area (Å²) in [5, 5.41) is 3.65. The van der Waals surface area contributed by atoms with E-state index in [1.54, 1.807) is 11.1 Å². The van der Waals surface area contributed by atoms with E-state index in [0.717, 1.165) is 25.9 Å². The normalized spacial score (nSPS) is 21.3. The molecule has 0 amide bonds. The Kier molecular flexibility index (Phi) is 3.55. The van der Waals surface area contributed by atoms with Crippen LogP contribution < -0.4 is 11.1 Å². The predicted octanol–water partition coefficient (Wildman–Crippen LogP) is 2.86. The summed E-state index contributed by atoms with van der Waals surface area (Å²) in [6, 6.07) is 7.27. The zero-order valence-electron chi connectivity index (χ0n) is 10.5. The molecule has 0 radical (unpaired) electrons. The molecule has 3 rings (SSSR count). The van der Waals surface area contributed by atoms with Crippen LogP contribution in [0.1, 0.15) is 30.4 Å². The highest BCUT2D eigenvalue weighted by Crippen LogP contribution is 2.43. The number of hydrogen-bond donors (Lipinski definition) is 2. The van der Waals surface area contributed by atoms with Crippen molar-refractivity contribution in [1.82, 2.24) is 5.32 Å². The minimum Gasteiger partial charge on any atom is -0.330 e. The summed E-state index contributed by atoms with van der Waals surface area (Å²) in [5.41, 5.74) is 11.7. The molecule has 0 bridgehead atoms. The highest BCUT2D eigenvalue weighted by atomic mass is 79.9. The Morgan fingerprint density at radius 1 is 1.39 bits per heavy atom. The summed E-state index contributed by atoms with van der Waals surface area (Å²) in [6.07, 6.45) is 4.68. The molecule has 0 saturated carbocycles.